The summed E-state index contributed by atoms with van der Waals surface area (Å²) in [5, 5.41) is 9.43. The van der Waals surface area contributed by atoms with Gasteiger partial charge >= 0.3 is 0 Å². The molecule has 1 aromatic carbocycles. The summed E-state index contributed by atoms with van der Waals surface area (Å²) in [6, 6.07) is 7.80. The highest BCUT2D eigenvalue weighted by atomic mass is 16.3. The number of piperidine rings is 1. The van der Waals surface area contributed by atoms with Gasteiger partial charge in [0, 0.05) is 25.2 Å². The number of ketones is 1. The lowest BCUT2D eigenvalue weighted by molar-refractivity contribution is 0.0792. The Hall–Kier alpha value is -1.19. The molecule has 1 aliphatic rings. The fraction of sp³-hybridized carbons (Fsp3) is 0.500. The molecule has 1 aliphatic heterocycles. The van der Waals surface area contributed by atoms with Crippen LogP contribution in [0.2, 0.25) is 0 Å². The van der Waals surface area contributed by atoms with Gasteiger partial charge < -0.3 is 5.11 Å². The van der Waals surface area contributed by atoms with E-state index in [1.807, 2.05) is 24.3 Å². The van der Waals surface area contributed by atoms with E-state index >= 15 is 0 Å². The zero-order chi connectivity index (χ0) is 12.3. The monoisotopic (exact) mass is 233 g/mol. The van der Waals surface area contributed by atoms with Crippen LogP contribution in [0.15, 0.2) is 24.3 Å². The van der Waals surface area contributed by atoms with Crippen molar-refractivity contribution in [1.29, 1.82) is 0 Å². The van der Waals surface area contributed by atoms with Crippen molar-refractivity contribution >= 4 is 5.78 Å². The van der Waals surface area contributed by atoms with E-state index < -0.39 is 0 Å². The Morgan fingerprint density at radius 3 is 2.41 bits per heavy atom. The van der Waals surface area contributed by atoms with Crippen LogP contribution in [0.4, 0.5) is 0 Å². The Balaban J connectivity index is 1.92. The first kappa shape index (κ1) is 12.3. The third-order valence-corrected chi connectivity index (χ3v) is 3.32. The minimum atomic E-state index is -0.119. The average molecular weight is 233 g/mol. The molecule has 3 nitrogen and oxygen atoms in total. The first-order valence-electron chi connectivity index (χ1n) is 6.15. The van der Waals surface area contributed by atoms with E-state index in [-0.39, 0.29) is 11.9 Å². The molecule has 1 aromatic rings. The molecule has 1 saturated heterocycles. The minimum Gasteiger partial charge on any atom is -0.393 e. The standard InChI is InChI=1S/C14H19NO2/c1-11(16)13-4-2-12(3-5-13)10-15-8-6-14(17)7-9-15/h2-5,14,17H,6-10H2,1H3. The number of aliphatic hydroxyl groups is 1. The highest BCUT2D eigenvalue weighted by molar-refractivity contribution is 5.93. The van der Waals surface area contributed by atoms with Crippen LogP contribution < -0.4 is 0 Å². The summed E-state index contributed by atoms with van der Waals surface area (Å²) < 4.78 is 0. The first-order chi connectivity index (χ1) is 8.15. The molecule has 0 saturated carbocycles. The molecular weight excluding hydrogens is 214 g/mol. The second-order valence-corrected chi connectivity index (χ2v) is 4.76. The second kappa shape index (κ2) is 5.43. The quantitative estimate of drug-likeness (QED) is 0.810. The molecule has 0 radical (unpaired) electrons. The van der Waals surface area contributed by atoms with E-state index in [2.05, 4.69) is 4.90 Å². The summed E-state index contributed by atoms with van der Waals surface area (Å²) in [5.41, 5.74) is 1.99. The summed E-state index contributed by atoms with van der Waals surface area (Å²) in [7, 11) is 0. The summed E-state index contributed by atoms with van der Waals surface area (Å²) in [4.78, 5) is 13.5. The van der Waals surface area contributed by atoms with Gasteiger partial charge in [0.25, 0.3) is 0 Å². The first-order valence-corrected chi connectivity index (χ1v) is 6.15. The van der Waals surface area contributed by atoms with Crippen LogP contribution in [-0.2, 0) is 6.54 Å². The van der Waals surface area contributed by atoms with Gasteiger partial charge in [-0.3, -0.25) is 9.69 Å². The highest BCUT2D eigenvalue weighted by Crippen LogP contribution is 2.14. The minimum absolute atomic E-state index is 0.109. The third kappa shape index (κ3) is 3.38. The number of rotatable bonds is 3. The number of hydrogen-bond donors (Lipinski definition) is 1. The van der Waals surface area contributed by atoms with Crippen molar-refractivity contribution in [3.63, 3.8) is 0 Å². The fourth-order valence-electron chi connectivity index (χ4n) is 2.18. The van der Waals surface area contributed by atoms with Crippen LogP contribution in [-0.4, -0.2) is 35.0 Å². The summed E-state index contributed by atoms with van der Waals surface area (Å²) in [5.74, 6) is 0.109. The fourth-order valence-corrected chi connectivity index (χ4v) is 2.18. The summed E-state index contributed by atoms with van der Waals surface area (Å²) in [6.45, 7) is 4.40. The number of carbonyl (C=O) groups is 1. The van der Waals surface area contributed by atoms with Gasteiger partial charge in [0.15, 0.2) is 5.78 Å². The van der Waals surface area contributed by atoms with Gasteiger partial charge in [-0.05, 0) is 25.3 Å². The Morgan fingerprint density at radius 1 is 1.29 bits per heavy atom. The molecule has 0 atom stereocenters. The molecule has 1 heterocycles. The van der Waals surface area contributed by atoms with Crippen LogP contribution in [0.1, 0.15) is 35.7 Å². The number of carbonyl (C=O) groups excluding carboxylic acids is 1. The molecular formula is C14H19NO2. The molecule has 1 fully saturated rings. The van der Waals surface area contributed by atoms with Crippen molar-refractivity contribution in [1.82, 2.24) is 4.90 Å². The van der Waals surface area contributed by atoms with Crippen molar-refractivity contribution in [2.24, 2.45) is 0 Å². The molecule has 0 amide bonds. The van der Waals surface area contributed by atoms with E-state index in [1.165, 1.54) is 5.56 Å². The number of likely N-dealkylation sites (tertiary alicyclic amines) is 1. The van der Waals surface area contributed by atoms with Gasteiger partial charge in [-0.2, -0.15) is 0 Å². The SMILES string of the molecule is CC(=O)c1ccc(CN2CCC(O)CC2)cc1. The van der Waals surface area contributed by atoms with Gasteiger partial charge in [-0.15, -0.1) is 0 Å². The van der Waals surface area contributed by atoms with Crippen molar-refractivity contribution in [3.05, 3.63) is 35.4 Å². The lowest BCUT2D eigenvalue weighted by atomic mass is 10.1. The normalized spacial score (nSPS) is 18.2. The lowest BCUT2D eigenvalue weighted by Gasteiger charge is -2.29. The zero-order valence-corrected chi connectivity index (χ0v) is 10.2. The molecule has 0 aliphatic carbocycles. The van der Waals surface area contributed by atoms with E-state index in [0.717, 1.165) is 38.0 Å². The molecule has 0 unspecified atom stereocenters. The smallest absolute Gasteiger partial charge is 0.159 e. The maximum atomic E-state index is 11.1. The van der Waals surface area contributed by atoms with Gasteiger partial charge in [0.1, 0.15) is 0 Å². The molecule has 0 aromatic heterocycles. The van der Waals surface area contributed by atoms with Gasteiger partial charge in [0.05, 0.1) is 6.10 Å². The second-order valence-electron chi connectivity index (χ2n) is 4.76. The molecule has 3 heteroatoms. The molecule has 1 N–H and O–H groups in total. The van der Waals surface area contributed by atoms with Crippen LogP contribution in [0, 0.1) is 0 Å². The van der Waals surface area contributed by atoms with E-state index in [4.69, 9.17) is 0 Å². The lowest BCUT2D eigenvalue weighted by Crippen LogP contribution is -2.35. The number of hydrogen-bond acceptors (Lipinski definition) is 3. The van der Waals surface area contributed by atoms with Gasteiger partial charge in [-0.25, -0.2) is 0 Å². The van der Waals surface area contributed by atoms with E-state index in [0.29, 0.717) is 0 Å². The molecule has 0 bridgehead atoms. The van der Waals surface area contributed by atoms with Gasteiger partial charge in [0.2, 0.25) is 0 Å². The van der Waals surface area contributed by atoms with Crippen molar-refractivity contribution in [2.45, 2.75) is 32.4 Å². The van der Waals surface area contributed by atoms with Crippen LogP contribution in [0.3, 0.4) is 0 Å². The average Bonchev–Trinajstić information content (AvgIpc) is 2.33. The Labute approximate surface area is 102 Å². The van der Waals surface area contributed by atoms with E-state index in [1.54, 1.807) is 6.92 Å². The molecule has 17 heavy (non-hydrogen) atoms. The Kier molecular flexibility index (Phi) is 3.92. The number of Topliss-reactive ketones (excluding diaryl/α,β-unsaturated/α-hetero) is 1. The number of aliphatic hydroxyl groups excluding tert-OH is 1. The predicted octanol–water partition coefficient (Wildman–Crippen LogP) is 1.85. The Morgan fingerprint density at radius 2 is 1.88 bits per heavy atom. The van der Waals surface area contributed by atoms with Crippen LogP contribution in [0.25, 0.3) is 0 Å². The maximum absolute atomic E-state index is 11.1. The van der Waals surface area contributed by atoms with E-state index in [9.17, 15) is 9.90 Å². The van der Waals surface area contributed by atoms with Crippen molar-refractivity contribution in [3.8, 4) is 0 Å². The van der Waals surface area contributed by atoms with Crippen molar-refractivity contribution < 1.29 is 9.90 Å². The molecule has 2 rings (SSSR count). The number of nitrogens with zero attached hydrogens (tertiary/aromatic N) is 1. The van der Waals surface area contributed by atoms with Crippen LogP contribution in [0.5, 0.6) is 0 Å². The zero-order valence-electron chi connectivity index (χ0n) is 10.2. The summed E-state index contributed by atoms with van der Waals surface area (Å²) in [6.07, 6.45) is 1.61. The predicted molar refractivity (Wildman–Crippen MR) is 67.0 cm³/mol. The highest BCUT2D eigenvalue weighted by Gasteiger charge is 2.16. The largest absolute Gasteiger partial charge is 0.393 e. The Bertz CT molecular complexity index is 378. The van der Waals surface area contributed by atoms with Crippen LogP contribution >= 0.6 is 0 Å². The topological polar surface area (TPSA) is 40.5 Å². The molecule has 0 spiro atoms. The maximum Gasteiger partial charge on any atom is 0.159 e. The van der Waals surface area contributed by atoms with Gasteiger partial charge in [-0.1, -0.05) is 24.3 Å². The number of benzene rings is 1. The molecule has 92 valence electrons. The van der Waals surface area contributed by atoms with Crippen molar-refractivity contribution in [2.75, 3.05) is 13.1 Å². The third-order valence-electron chi connectivity index (χ3n) is 3.32. The summed E-state index contributed by atoms with van der Waals surface area (Å²) >= 11 is 0.